The van der Waals surface area contributed by atoms with Crippen LogP contribution in [0.5, 0.6) is 0 Å². The van der Waals surface area contributed by atoms with E-state index in [9.17, 15) is 33.9 Å². The largest absolute Gasteiger partial charge is 0.481 e. The molecule has 1 fully saturated rings. The van der Waals surface area contributed by atoms with Crippen molar-refractivity contribution in [1.29, 1.82) is 0 Å². The summed E-state index contributed by atoms with van der Waals surface area (Å²) in [4.78, 5) is 89.2. The van der Waals surface area contributed by atoms with Gasteiger partial charge in [-0.3, -0.25) is 33.8 Å². The highest BCUT2D eigenvalue weighted by atomic mass is 16.4. The number of primary amides is 1. The maximum Gasteiger partial charge on any atom is 0.303 e. The minimum atomic E-state index is -1.27. The fourth-order valence-electron chi connectivity index (χ4n) is 7.08. The number of pyridine rings is 1. The smallest absolute Gasteiger partial charge is 0.303 e. The molecule has 0 unspecified atom stereocenters. The summed E-state index contributed by atoms with van der Waals surface area (Å²) in [5, 5.41) is 23.6. The highest BCUT2D eigenvalue weighted by Gasteiger charge is 2.41. The molecule has 59 heavy (non-hydrogen) atoms. The number of imidazole rings is 1. The Kier molecular flexibility index (Phi) is 15.7. The number of nitrogens with one attached hydrogen (secondary N) is 6. The van der Waals surface area contributed by atoms with Gasteiger partial charge in [0.05, 0.1) is 17.5 Å². The molecule has 312 valence electrons. The number of anilines is 2. The van der Waals surface area contributed by atoms with E-state index in [-0.39, 0.29) is 38.0 Å². The molecule has 0 radical (unpaired) electrons. The molecule has 0 bridgehead atoms. The van der Waals surface area contributed by atoms with E-state index in [1.54, 1.807) is 36.7 Å². The zero-order valence-corrected chi connectivity index (χ0v) is 33.2. The van der Waals surface area contributed by atoms with Gasteiger partial charge in [-0.05, 0) is 98.9 Å². The number of amides is 5. The predicted molar refractivity (Wildman–Crippen MR) is 223 cm³/mol. The van der Waals surface area contributed by atoms with Gasteiger partial charge in [0.25, 0.3) is 0 Å². The number of carboxylic acid groups (broad SMARTS) is 1. The summed E-state index contributed by atoms with van der Waals surface area (Å²) in [5.74, 6) is -3.18. The number of nitrogens with zero attached hydrogens (tertiary/aromatic N) is 2. The van der Waals surface area contributed by atoms with Crippen LogP contribution in [0, 0.1) is 6.92 Å². The zero-order chi connectivity index (χ0) is 42.2. The summed E-state index contributed by atoms with van der Waals surface area (Å²) in [7, 11) is 0. The van der Waals surface area contributed by atoms with Crippen LogP contribution in [-0.2, 0) is 35.2 Å². The van der Waals surface area contributed by atoms with Crippen molar-refractivity contribution in [2.24, 2.45) is 5.73 Å². The van der Waals surface area contributed by atoms with Crippen LogP contribution in [0.2, 0.25) is 0 Å². The van der Waals surface area contributed by atoms with Gasteiger partial charge < -0.3 is 42.4 Å². The predicted octanol–water partition coefficient (Wildman–Crippen LogP) is 4.08. The minimum Gasteiger partial charge on any atom is -0.481 e. The van der Waals surface area contributed by atoms with Crippen LogP contribution in [0.3, 0.4) is 0 Å². The first-order valence-electron chi connectivity index (χ1n) is 20.0. The van der Waals surface area contributed by atoms with Crippen LogP contribution in [-0.4, -0.2) is 79.7 Å². The van der Waals surface area contributed by atoms with E-state index in [0.717, 1.165) is 34.3 Å². The number of carbonyl (C=O) groups excluding carboxylic acids is 5. The van der Waals surface area contributed by atoms with E-state index >= 15 is 0 Å². The Bertz CT molecular complexity index is 2110. The third-order valence-corrected chi connectivity index (χ3v) is 10.3. The van der Waals surface area contributed by atoms with E-state index in [1.165, 1.54) is 6.08 Å². The fraction of sp³-hybridized carbons (Fsp3) is 0.395. The lowest BCUT2D eigenvalue weighted by molar-refractivity contribution is -0.138. The topological polar surface area (TPSA) is 250 Å². The molecular weight excluding hydrogens is 755 g/mol. The number of aryl methyl sites for hydroxylation is 1. The fourth-order valence-corrected chi connectivity index (χ4v) is 7.08. The highest BCUT2D eigenvalue weighted by Crippen LogP contribution is 2.28. The number of hydrogen-bond donors (Lipinski definition) is 8. The molecule has 4 aromatic rings. The van der Waals surface area contributed by atoms with Crippen LogP contribution < -0.4 is 32.3 Å². The molecule has 5 rings (SSSR count). The van der Waals surface area contributed by atoms with Crippen molar-refractivity contribution in [2.75, 3.05) is 11.9 Å². The van der Waals surface area contributed by atoms with Gasteiger partial charge in [0.2, 0.25) is 35.5 Å². The van der Waals surface area contributed by atoms with Gasteiger partial charge in [0.1, 0.15) is 17.6 Å². The first kappa shape index (κ1) is 43.5. The Morgan fingerprint density at radius 3 is 2.34 bits per heavy atom. The van der Waals surface area contributed by atoms with Crippen molar-refractivity contribution >= 4 is 64.3 Å². The molecule has 1 aliphatic carbocycles. The summed E-state index contributed by atoms with van der Waals surface area (Å²) < 4.78 is 0. The molecule has 0 spiro atoms. The molecule has 9 N–H and O–H groups in total. The molecule has 16 heteroatoms. The molecule has 2 aromatic carbocycles. The van der Waals surface area contributed by atoms with Crippen LogP contribution >= 0.6 is 0 Å². The normalized spacial score (nSPS) is 14.5. The average Bonchev–Trinajstić information content (AvgIpc) is 3.64. The lowest BCUT2D eigenvalue weighted by Crippen LogP contribution is -2.62. The van der Waals surface area contributed by atoms with Crippen molar-refractivity contribution < 1.29 is 33.9 Å². The second kappa shape index (κ2) is 21.3. The molecular formula is C43H53N9O7. The van der Waals surface area contributed by atoms with Crippen LogP contribution in [0.25, 0.3) is 17.1 Å². The summed E-state index contributed by atoms with van der Waals surface area (Å²) in [6, 6.07) is 14.4. The number of rotatable bonds is 21. The number of carbonyl (C=O) groups is 6. The molecule has 0 saturated heterocycles. The molecule has 1 saturated carbocycles. The van der Waals surface area contributed by atoms with Gasteiger partial charge in [-0.15, -0.1) is 0 Å². The number of unbranched alkanes of at least 4 members (excludes halogenated alkanes) is 1. The molecule has 2 atom stereocenters. The first-order valence-corrected chi connectivity index (χ1v) is 20.0. The quantitative estimate of drug-likeness (QED) is 0.0443. The second-order valence-corrected chi connectivity index (χ2v) is 14.9. The monoisotopic (exact) mass is 807 g/mol. The molecule has 2 aromatic heterocycles. The van der Waals surface area contributed by atoms with E-state index in [4.69, 9.17) is 5.73 Å². The van der Waals surface area contributed by atoms with E-state index in [2.05, 4.69) is 41.5 Å². The number of benzene rings is 2. The Labute approximate surface area is 342 Å². The number of aromatic amines is 1. The molecule has 2 heterocycles. The molecule has 5 amide bonds. The van der Waals surface area contributed by atoms with Crippen molar-refractivity contribution in [3.8, 4) is 0 Å². The van der Waals surface area contributed by atoms with Gasteiger partial charge in [0, 0.05) is 37.1 Å². The van der Waals surface area contributed by atoms with E-state index < -0.39 is 47.2 Å². The third kappa shape index (κ3) is 13.2. The SMILES string of the molecule is Cc1cccc2[nH]c(Nc3ccc(CC(=O)N[C@H](CCCCNC(=O)/C=C/c4cccnc4)C(=O)N[C@H](CCCC(=O)O)C(=O)NC4(C(N)=O)CCCCC4)cc3)nc12. The van der Waals surface area contributed by atoms with Gasteiger partial charge in [-0.1, -0.05) is 49.6 Å². The van der Waals surface area contributed by atoms with Crippen molar-refractivity contribution in [1.82, 2.24) is 36.2 Å². The van der Waals surface area contributed by atoms with Crippen LogP contribution in [0.4, 0.5) is 11.6 Å². The second-order valence-electron chi connectivity index (χ2n) is 14.9. The lowest BCUT2D eigenvalue weighted by Gasteiger charge is -2.36. The van der Waals surface area contributed by atoms with E-state index in [0.29, 0.717) is 56.6 Å². The van der Waals surface area contributed by atoms with Crippen molar-refractivity contribution in [3.63, 3.8) is 0 Å². The van der Waals surface area contributed by atoms with E-state index in [1.807, 2.05) is 43.3 Å². The van der Waals surface area contributed by atoms with Gasteiger partial charge in [-0.2, -0.15) is 0 Å². The van der Waals surface area contributed by atoms with Crippen LogP contribution in [0.15, 0.2) is 73.1 Å². The Hall–Kier alpha value is -6.58. The number of hydrogen-bond acceptors (Lipinski definition) is 9. The number of para-hydroxylation sites is 1. The molecule has 16 nitrogen and oxygen atoms in total. The maximum atomic E-state index is 13.9. The van der Waals surface area contributed by atoms with Gasteiger partial charge >= 0.3 is 5.97 Å². The van der Waals surface area contributed by atoms with Gasteiger partial charge in [0.15, 0.2) is 0 Å². The summed E-state index contributed by atoms with van der Waals surface area (Å²) in [6.07, 6.45) is 10.1. The van der Waals surface area contributed by atoms with Crippen LogP contribution in [0.1, 0.15) is 87.3 Å². The lowest BCUT2D eigenvalue weighted by atomic mass is 9.80. The summed E-state index contributed by atoms with van der Waals surface area (Å²) in [5.41, 5.74) is 9.51. The zero-order valence-electron chi connectivity index (χ0n) is 33.2. The minimum absolute atomic E-state index is 0.0218. The number of H-pyrrole nitrogens is 1. The highest BCUT2D eigenvalue weighted by molar-refractivity contribution is 5.96. The number of nitrogens with two attached hydrogens (primary N) is 1. The number of carboxylic acids is 1. The van der Waals surface area contributed by atoms with Gasteiger partial charge in [-0.25, -0.2) is 4.98 Å². The van der Waals surface area contributed by atoms with Crippen molar-refractivity contribution in [2.45, 2.75) is 102 Å². The number of aliphatic carboxylic acids is 1. The molecule has 1 aliphatic rings. The Balaban J connectivity index is 1.23. The summed E-state index contributed by atoms with van der Waals surface area (Å²) >= 11 is 0. The maximum absolute atomic E-state index is 13.9. The Morgan fingerprint density at radius 2 is 1.64 bits per heavy atom. The Morgan fingerprint density at radius 1 is 0.898 bits per heavy atom. The standard InChI is InChI=1S/C43H53N9O7/c1-28-10-7-13-32-38(28)51-42(50-32)47-31-19-16-29(17-20-31)26-36(54)48-33(12-3-6-25-46-35(53)21-18-30-11-9-24-45-27-30)39(57)49-34(14-8-15-37(55)56)40(58)52-43(41(44)59)22-4-2-5-23-43/h7,9-11,13,16-21,24,27,33-34H,2-6,8,12,14-15,22-23,25-26H2,1H3,(H2,44,59)(H,46,53)(H,48,54)(H,49,57)(H,52,58)(H,55,56)(H2,47,50,51)/b21-18+/t33-,34-/m1/s1. The first-order chi connectivity index (χ1) is 28.4. The number of aromatic nitrogens is 3. The summed E-state index contributed by atoms with van der Waals surface area (Å²) in [6.45, 7) is 2.30. The van der Waals surface area contributed by atoms with Crippen molar-refractivity contribution in [3.05, 3.63) is 89.8 Å². The third-order valence-electron chi connectivity index (χ3n) is 10.3. The molecule has 0 aliphatic heterocycles. The number of fused-ring (bicyclic) bond motifs is 1. The average molecular weight is 808 g/mol.